The van der Waals surface area contributed by atoms with Crippen molar-refractivity contribution in [3.63, 3.8) is 0 Å². The molecule has 0 bridgehead atoms. The van der Waals surface area contributed by atoms with E-state index in [1.54, 1.807) is 0 Å². The fourth-order valence-electron chi connectivity index (χ4n) is 2.63. The first-order valence-electron chi connectivity index (χ1n) is 6.45. The third-order valence-corrected chi connectivity index (χ3v) is 3.49. The van der Waals surface area contributed by atoms with Crippen LogP contribution < -0.4 is 0 Å². The molecule has 0 aromatic carbocycles. The van der Waals surface area contributed by atoms with Crippen molar-refractivity contribution < 1.29 is 4.52 Å². The molecule has 2 aromatic rings. The molecule has 0 radical (unpaired) electrons. The molecule has 0 spiro atoms. The van der Waals surface area contributed by atoms with Crippen molar-refractivity contribution in [3.8, 4) is 0 Å². The third kappa shape index (κ3) is 2.46. The molecule has 0 unspecified atom stereocenters. The van der Waals surface area contributed by atoms with Crippen LogP contribution in [0.4, 0.5) is 0 Å². The second kappa shape index (κ2) is 4.94. The van der Waals surface area contributed by atoms with Crippen LogP contribution in [0.1, 0.15) is 24.3 Å². The van der Waals surface area contributed by atoms with Gasteiger partial charge in [0.05, 0.1) is 18.8 Å². The first-order chi connectivity index (χ1) is 8.81. The zero-order valence-corrected chi connectivity index (χ0v) is 10.6. The Morgan fingerprint density at radius 2 is 2.44 bits per heavy atom. The molecule has 96 valence electrons. The minimum Gasteiger partial charge on any atom is -0.360 e. The number of rotatable bonds is 4. The van der Waals surface area contributed by atoms with Gasteiger partial charge >= 0.3 is 0 Å². The van der Waals surface area contributed by atoms with E-state index >= 15 is 0 Å². The van der Waals surface area contributed by atoms with E-state index in [0.29, 0.717) is 6.04 Å². The van der Waals surface area contributed by atoms with Crippen molar-refractivity contribution in [2.45, 2.75) is 38.9 Å². The van der Waals surface area contributed by atoms with Crippen LogP contribution in [0.3, 0.4) is 0 Å². The van der Waals surface area contributed by atoms with Gasteiger partial charge < -0.3 is 4.52 Å². The summed E-state index contributed by atoms with van der Waals surface area (Å²) in [6, 6.07) is 4.54. The Kier molecular flexibility index (Phi) is 3.15. The number of hydrogen-bond acceptors (Lipinski definition) is 4. The molecule has 3 heterocycles. The van der Waals surface area contributed by atoms with Gasteiger partial charge in [0.15, 0.2) is 5.76 Å². The zero-order chi connectivity index (χ0) is 12.4. The van der Waals surface area contributed by atoms with Crippen molar-refractivity contribution in [1.29, 1.82) is 0 Å². The summed E-state index contributed by atoms with van der Waals surface area (Å²) in [5.41, 5.74) is 0.952. The van der Waals surface area contributed by atoms with Gasteiger partial charge in [-0.15, -0.1) is 0 Å². The molecule has 1 saturated heterocycles. The molecule has 3 rings (SSSR count). The van der Waals surface area contributed by atoms with Gasteiger partial charge in [-0.25, -0.2) is 0 Å². The van der Waals surface area contributed by atoms with Gasteiger partial charge in [0.2, 0.25) is 0 Å². The van der Waals surface area contributed by atoms with Gasteiger partial charge in [-0.05, 0) is 32.4 Å². The maximum absolute atomic E-state index is 5.30. The van der Waals surface area contributed by atoms with Crippen LogP contribution in [-0.2, 0) is 13.1 Å². The summed E-state index contributed by atoms with van der Waals surface area (Å²) in [6.45, 7) is 4.90. The van der Waals surface area contributed by atoms with Gasteiger partial charge in [-0.1, -0.05) is 5.16 Å². The maximum atomic E-state index is 5.30. The largest absolute Gasteiger partial charge is 0.360 e. The van der Waals surface area contributed by atoms with Crippen LogP contribution >= 0.6 is 0 Å². The Labute approximate surface area is 106 Å². The molecule has 0 amide bonds. The number of hydrogen-bond donors (Lipinski definition) is 0. The van der Waals surface area contributed by atoms with Crippen molar-refractivity contribution in [2.24, 2.45) is 0 Å². The predicted octanol–water partition coefficient (Wildman–Crippen LogP) is 1.84. The minimum atomic E-state index is 0.551. The summed E-state index contributed by atoms with van der Waals surface area (Å²) in [4.78, 5) is 2.46. The molecule has 1 atom stereocenters. The van der Waals surface area contributed by atoms with Crippen LogP contribution in [0.2, 0.25) is 0 Å². The van der Waals surface area contributed by atoms with Crippen molar-refractivity contribution in [2.75, 3.05) is 6.54 Å². The average molecular weight is 246 g/mol. The SMILES string of the molecule is Cc1cc(CN2CCC[C@@H]2Cn2cccn2)on1. The lowest BCUT2D eigenvalue weighted by molar-refractivity contribution is 0.195. The number of aryl methyl sites for hydroxylation is 1. The molecular weight excluding hydrogens is 228 g/mol. The van der Waals surface area contributed by atoms with E-state index in [9.17, 15) is 0 Å². The molecule has 1 aliphatic rings. The Balaban J connectivity index is 1.64. The zero-order valence-electron chi connectivity index (χ0n) is 10.6. The van der Waals surface area contributed by atoms with E-state index in [0.717, 1.165) is 31.1 Å². The second-order valence-corrected chi connectivity index (χ2v) is 4.93. The lowest BCUT2D eigenvalue weighted by Gasteiger charge is -2.22. The van der Waals surface area contributed by atoms with Crippen LogP contribution in [0.5, 0.6) is 0 Å². The first kappa shape index (κ1) is 11.5. The lowest BCUT2D eigenvalue weighted by atomic mass is 10.2. The van der Waals surface area contributed by atoms with Crippen LogP contribution in [-0.4, -0.2) is 32.4 Å². The van der Waals surface area contributed by atoms with Gasteiger partial charge in [0.1, 0.15) is 0 Å². The summed E-state index contributed by atoms with van der Waals surface area (Å²) >= 11 is 0. The van der Waals surface area contributed by atoms with Crippen molar-refractivity contribution >= 4 is 0 Å². The van der Waals surface area contributed by atoms with Crippen molar-refractivity contribution in [1.82, 2.24) is 19.8 Å². The lowest BCUT2D eigenvalue weighted by Crippen LogP contribution is -2.32. The van der Waals surface area contributed by atoms with Gasteiger partial charge in [0.25, 0.3) is 0 Å². The minimum absolute atomic E-state index is 0.551. The quantitative estimate of drug-likeness (QED) is 0.826. The van der Waals surface area contributed by atoms with Crippen LogP contribution in [0.15, 0.2) is 29.0 Å². The van der Waals surface area contributed by atoms with E-state index < -0.39 is 0 Å². The summed E-state index contributed by atoms with van der Waals surface area (Å²) in [5.74, 6) is 0.958. The molecular formula is C13H18N4O. The van der Waals surface area contributed by atoms with Gasteiger partial charge in [-0.2, -0.15) is 5.10 Å². The fourth-order valence-corrected chi connectivity index (χ4v) is 2.63. The molecule has 1 aliphatic heterocycles. The number of nitrogens with zero attached hydrogens (tertiary/aromatic N) is 4. The van der Waals surface area contributed by atoms with Crippen LogP contribution in [0.25, 0.3) is 0 Å². The molecule has 0 saturated carbocycles. The molecule has 18 heavy (non-hydrogen) atoms. The summed E-state index contributed by atoms with van der Waals surface area (Å²) in [5, 5.41) is 8.22. The Bertz CT molecular complexity index is 491. The van der Waals surface area contributed by atoms with E-state index in [1.165, 1.54) is 12.8 Å². The van der Waals surface area contributed by atoms with E-state index in [2.05, 4.69) is 15.2 Å². The standard InChI is InChI=1S/C13H18N4O/c1-11-8-13(18-15-11)10-16-6-2-4-12(16)9-17-7-3-5-14-17/h3,5,7-8,12H,2,4,6,9-10H2,1H3/t12-/m1/s1. The highest BCUT2D eigenvalue weighted by atomic mass is 16.5. The van der Waals surface area contributed by atoms with Crippen LogP contribution in [0, 0.1) is 6.92 Å². The number of aromatic nitrogens is 3. The van der Waals surface area contributed by atoms with E-state index in [4.69, 9.17) is 4.52 Å². The molecule has 1 fully saturated rings. The highest BCUT2D eigenvalue weighted by Crippen LogP contribution is 2.21. The maximum Gasteiger partial charge on any atom is 0.150 e. The van der Waals surface area contributed by atoms with E-state index in [1.807, 2.05) is 36.1 Å². The predicted molar refractivity (Wildman–Crippen MR) is 66.9 cm³/mol. The van der Waals surface area contributed by atoms with Gasteiger partial charge in [-0.3, -0.25) is 9.58 Å². The molecule has 5 nitrogen and oxygen atoms in total. The van der Waals surface area contributed by atoms with Gasteiger partial charge in [0, 0.05) is 24.5 Å². The third-order valence-electron chi connectivity index (χ3n) is 3.49. The highest BCUT2D eigenvalue weighted by molar-refractivity contribution is 5.03. The first-order valence-corrected chi connectivity index (χ1v) is 6.45. The highest BCUT2D eigenvalue weighted by Gasteiger charge is 2.25. The summed E-state index contributed by atoms with van der Waals surface area (Å²) < 4.78 is 7.30. The smallest absolute Gasteiger partial charge is 0.150 e. The normalized spacial score (nSPS) is 20.6. The molecule has 0 aliphatic carbocycles. The molecule has 2 aromatic heterocycles. The summed E-state index contributed by atoms with van der Waals surface area (Å²) in [6.07, 6.45) is 6.33. The fraction of sp³-hybridized carbons (Fsp3) is 0.538. The average Bonchev–Trinajstić information content (AvgIpc) is 3.05. The molecule has 0 N–H and O–H groups in total. The van der Waals surface area contributed by atoms with E-state index in [-0.39, 0.29) is 0 Å². The Morgan fingerprint density at radius 1 is 1.50 bits per heavy atom. The monoisotopic (exact) mass is 246 g/mol. The number of likely N-dealkylation sites (tertiary alicyclic amines) is 1. The Morgan fingerprint density at radius 3 is 3.17 bits per heavy atom. The van der Waals surface area contributed by atoms with Crippen molar-refractivity contribution in [3.05, 3.63) is 36.0 Å². The summed E-state index contributed by atoms with van der Waals surface area (Å²) in [7, 11) is 0. The second-order valence-electron chi connectivity index (χ2n) is 4.93. The Hall–Kier alpha value is -1.62. The topological polar surface area (TPSA) is 47.1 Å². The molecule has 5 heteroatoms.